The van der Waals surface area contributed by atoms with Gasteiger partial charge in [-0.15, -0.1) is 0 Å². The predicted octanol–water partition coefficient (Wildman–Crippen LogP) is 2.11. The molecule has 1 fully saturated rings. The molecule has 1 saturated heterocycles. The predicted molar refractivity (Wildman–Crippen MR) is 44.8 cm³/mol. The third-order valence-corrected chi connectivity index (χ3v) is 2.55. The fraction of sp³-hybridized carbons (Fsp3) is 1.00. The van der Waals surface area contributed by atoms with Gasteiger partial charge in [0.15, 0.2) is 0 Å². The molecule has 1 rings (SSSR count). The Morgan fingerprint density at radius 1 is 1.50 bits per heavy atom. The number of halogens is 3. The summed E-state index contributed by atoms with van der Waals surface area (Å²) in [6, 6.07) is 0. The van der Waals surface area contributed by atoms with Crippen molar-refractivity contribution in [2.75, 3.05) is 6.61 Å². The molecule has 0 saturated carbocycles. The molecule has 0 spiro atoms. The summed E-state index contributed by atoms with van der Waals surface area (Å²) in [6.45, 7) is 2.42. The third-order valence-electron chi connectivity index (χ3n) is 2.55. The van der Waals surface area contributed by atoms with E-state index in [1.807, 2.05) is 6.92 Å². The zero-order chi connectivity index (χ0) is 10.8. The van der Waals surface area contributed by atoms with Gasteiger partial charge >= 0.3 is 6.18 Å². The zero-order valence-corrected chi connectivity index (χ0v) is 8.05. The standard InChI is InChI=1S/C9H15F3O2/c1-6-3-5-14-8(6)7(13)2-4-9(10,11)12/h6-8,13H,2-5H2,1H3. The molecule has 3 atom stereocenters. The first-order valence-electron chi connectivity index (χ1n) is 4.76. The lowest BCUT2D eigenvalue weighted by Crippen LogP contribution is -2.31. The molecule has 1 heterocycles. The lowest BCUT2D eigenvalue weighted by molar-refractivity contribution is -0.144. The van der Waals surface area contributed by atoms with Gasteiger partial charge in [-0.05, 0) is 18.8 Å². The summed E-state index contributed by atoms with van der Waals surface area (Å²) in [7, 11) is 0. The van der Waals surface area contributed by atoms with E-state index >= 15 is 0 Å². The van der Waals surface area contributed by atoms with Gasteiger partial charge in [0.2, 0.25) is 0 Å². The second-order valence-corrected chi connectivity index (χ2v) is 3.82. The second-order valence-electron chi connectivity index (χ2n) is 3.82. The largest absolute Gasteiger partial charge is 0.390 e. The molecule has 0 radical (unpaired) electrons. The number of hydrogen-bond donors (Lipinski definition) is 1. The molecule has 84 valence electrons. The summed E-state index contributed by atoms with van der Waals surface area (Å²) < 4.78 is 40.7. The lowest BCUT2D eigenvalue weighted by Gasteiger charge is -2.21. The Morgan fingerprint density at radius 2 is 2.14 bits per heavy atom. The number of hydrogen-bond acceptors (Lipinski definition) is 2. The Bertz CT molecular complexity index is 181. The minimum absolute atomic E-state index is 0.151. The monoisotopic (exact) mass is 212 g/mol. The van der Waals surface area contributed by atoms with Crippen molar-refractivity contribution in [2.24, 2.45) is 5.92 Å². The Kier molecular flexibility index (Phi) is 3.78. The van der Waals surface area contributed by atoms with Crippen LogP contribution in [-0.4, -0.2) is 30.1 Å². The van der Waals surface area contributed by atoms with E-state index in [-0.39, 0.29) is 12.3 Å². The van der Waals surface area contributed by atoms with Gasteiger partial charge < -0.3 is 9.84 Å². The van der Waals surface area contributed by atoms with Gasteiger partial charge in [-0.2, -0.15) is 13.2 Å². The fourth-order valence-corrected chi connectivity index (χ4v) is 1.68. The van der Waals surface area contributed by atoms with Gasteiger partial charge in [0.05, 0.1) is 12.2 Å². The van der Waals surface area contributed by atoms with Crippen LogP contribution in [0.15, 0.2) is 0 Å². The Balaban J connectivity index is 2.31. The molecule has 0 aromatic carbocycles. The van der Waals surface area contributed by atoms with Crippen LogP contribution in [0.5, 0.6) is 0 Å². The lowest BCUT2D eigenvalue weighted by atomic mass is 9.97. The summed E-state index contributed by atoms with van der Waals surface area (Å²) in [5.74, 6) is 0.151. The molecule has 5 heteroatoms. The van der Waals surface area contributed by atoms with Crippen molar-refractivity contribution >= 4 is 0 Å². The molecular formula is C9H15F3O2. The van der Waals surface area contributed by atoms with E-state index in [4.69, 9.17) is 4.74 Å². The Morgan fingerprint density at radius 3 is 2.57 bits per heavy atom. The van der Waals surface area contributed by atoms with Gasteiger partial charge in [0, 0.05) is 13.0 Å². The molecule has 0 aromatic heterocycles. The van der Waals surface area contributed by atoms with E-state index in [1.54, 1.807) is 0 Å². The number of aliphatic hydroxyl groups excluding tert-OH is 1. The highest BCUT2D eigenvalue weighted by Gasteiger charge is 2.34. The molecule has 1 aliphatic heterocycles. The van der Waals surface area contributed by atoms with Crippen molar-refractivity contribution in [1.29, 1.82) is 0 Å². The fourth-order valence-electron chi connectivity index (χ4n) is 1.68. The summed E-state index contributed by atoms with van der Waals surface area (Å²) in [5.41, 5.74) is 0. The summed E-state index contributed by atoms with van der Waals surface area (Å²) >= 11 is 0. The van der Waals surface area contributed by atoms with Gasteiger partial charge in [-0.1, -0.05) is 6.92 Å². The van der Waals surface area contributed by atoms with Crippen molar-refractivity contribution in [2.45, 2.75) is 44.6 Å². The van der Waals surface area contributed by atoms with Crippen LogP contribution in [0.25, 0.3) is 0 Å². The molecule has 0 amide bonds. The summed E-state index contributed by atoms with van der Waals surface area (Å²) in [4.78, 5) is 0. The molecule has 3 unspecified atom stereocenters. The molecule has 14 heavy (non-hydrogen) atoms. The van der Waals surface area contributed by atoms with Gasteiger partial charge in [0.25, 0.3) is 0 Å². The smallest absolute Gasteiger partial charge is 0.389 e. The molecular weight excluding hydrogens is 197 g/mol. The second kappa shape index (κ2) is 4.49. The van der Waals surface area contributed by atoms with Crippen LogP contribution in [0.4, 0.5) is 13.2 Å². The van der Waals surface area contributed by atoms with Gasteiger partial charge in [-0.3, -0.25) is 0 Å². The molecule has 0 aliphatic carbocycles. The molecule has 1 aliphatic rings. The highest BCUT2D eigenvalue weighted by atomic mass is 19.4. The zero-order valence-electron chi connectivity index (χ0n) is 8.05. The first-order chi connectivity index (χ1) is 6.40. The minimum atomic E-state index is -4.19. The summed E-state index contributed by atoms with van der Waals surface area (Å²) in [5, 5.41) is 9.46. The first kappa shape index (κ1) is 11.8. The van der Waals surface area contributed by atoms with E-state index in [2.05, 4.69) is 0 Å². The van der Waals surface area contributed by atoms with Crippen molar-refractivity contribution in [3.05, 3.63) is 0 Å². The maximum absolute atomic E-state index is 11.8. The van der Waals surface area contributed by atoms with Gasteiger partial charge in [-0.25, -0.2) is 0 Å². The third kappa shape index (κ3) is 3.46. The van der Waals surface area contributed by atoms with E-state index in [9.17, 15) is 18.3 Å². The Labute approximate surface area is 81.1 Å². The number of aliphatic hydroxyl groups is 1. The highest BCUT2D eigenvalue weighted by Crippen LogP contribution is 2.28. The Hall–Kier alpha value is -0.290. The van der Waals surface area contributed by atoms with Crippen LogP contribution in [0.3, 0.4) is 0 Å². The van der Waals surface area contributed by atoms with Crippen molar-refractivity contribution < 1.29 is 23.0 Å². The molecule has 0 aromatic rings. The SMILES string of the molecule is CC1CCOC1C(O)CCC(F)(F)F. The van der Waals surface area contributed by atoms with Crippen LogP contribution in [0, 0.1) is 5.92 Å². The van der Waals surface area contributed by atoms with Crippen molar-refractivity contribution in [3.63, 3.8) is 0 Å². The van der Waals surface area contributed by atoms with Crippen LogP contribution < -0.4 is 0 Å². The number of rotatable bonds is 3. The van der Waals surface area contributed by atoms with Crippen molar-refractivity contribution in [3.8, 4) is 0 Å². The summed E-state index contributed by atoms with van der Waals surface area (Å²) in [6.07, 6.45) is -6.00. The maximum Gasteiger partial charge on any atom is 0.389 e. The molecule has 0 bridgehead atoms. The average molecular weight is 212 g/mol. The molecule has 2 nitrogen and oxygen atoms in total. The normalized spacial score (nSPS) is 30.6. The number of alkyl halides is 3. The highest BCUT2D eigenvalue weighted by molar-refractivity contribution is 4.79. The average Bonchev–Trinajstić information content (AvgIpc) is 2.46. The van der Waals surface area contributed by atoms with E-state index in [0.29, 0.717) is 6.61 Å². The maximum atomic E-state index is 11.8. The van der Waals surface area contributed by atoms with Crippen molar-refractivity contribution in [1.82, 2.24) is 0 Å². The molecule has 1 N–H and O–H groups in total. The minimum Gasteiger partial charge on any atom is -0.390 e. The van der Waals surface area contributed by atoms with Gasteiger partial charge in [0.1, 0.15) is 0 Å². The first-order valence-corrected chi connectivity index (χ1v) is 4.76. The van der Waals surface area contributed by atoms with E-state index in [1.165, 1.54) is 0 Å². The number of ether oxygens (including phenoxy) is 1. The quantitative estimate of drug-likeness (QED) is 0.776. The van der Waals surface area contributed by atoms with Crippen LogP contribution >= 0.6 is 0 Å². The van der Waals surface area contributed by atoms with Crippen LogP contribution in [0.2, 0.25) is 0 Å². The van der Waals surface area contributed by atoms with E-state index in [0.717, 1.165) is 6.42 Å². The van der Waals surface area contributed by atoms with E-state index < -0.39 is 24.8 Å². The topological polar surface area (TPSA) is 29.5 Å². The van der Waals surface area contributed by atoms with Crippen LogP contribution in [-0.2, 0) is 4.74 Å². The van der Waals surface area contributed by atoms with Crippen LogP contribution in [0.1, 0.15) is 26.2 Å².